The minimum atomic E-state index is -4.59. The highest BCUT2D eigenvalue weighted by Crippen LogP contribution is 2.35. The van der Waals surface area contributed by atoms with Gasteiger partial charge in [0.1, 0.15) is 5.69 Å². The second-order valence-electron chi connectivity index (χ2n) is 10.6. The lowest BCUT2D eigenvalue weighted by Gasteiger charge is -2.36. The van der Waals surface area contributed by atoms with Crippen LogP contribution in [-0.2, 0) is 10.9 Å². The molecule has 2 fully saturated rings. The molecular weight excluding hydrogens is 561 g/mol. The highest BCUT2D eigenvalue weighted by atomic mass is 19.4. The number of carbonyl (C=O) groups is 1. The van der Waals surface area contributed by atoms with Crippen LogP contribution in [0, 0.1) is 6.92 Å². The zero-order valence-corrected chi connectivity index (χ0v) is 24.7. The number of likely N-dealkylation sites (N-methyl/N-ethyl adjacent to an activating group) is 1. The molecule has 2 saturated heterocycles. The number of amides is 1. The topological polar surface area (TPSA) is 83.1 Å². The van der Waals surface area contributed by atoms with E-state index < -0.39 is 17.6 Å². The predicted octanol–water partition coefficient (Wildman–Crippen LogP) is 5.10. The van der Waals surface area contributed by atoms with E-state index in [1.807, 2.05) is 24.8 Å². The Morgan fingerprint density at radius 3 is 2.37 bits per heavy atom. The molecule has 2 aliphatic rings. The summed E-state index contributed by atoms with van der Waals surface area (Å²) in [5, 5.41) is 2.76. The zero-order valence-electron chi connectivity index (χ0n) is 24.7. The minimum Gasteiger partial charge on any atom is -0.476 e. The third-order valence-corrected chi connectivity index (χ3v) is 7.81. The summed E-state index contributed by atoms with van der Waals surface area (Å²) >= 11 is 0. The number of carbonyl (C=O) groups excluding carboxylic acids is 1. The fourth-order valence-electron chi connectivity index (χ4n) is 5.37. The maximum Gasteiger partial charge on any atom is 0.416 e. The first-order valence-corrected chi connectivity index (χ1v) is 14.6. The Morgan fingerprint density at radius 1 is 0.953 bits per heavy atom. The smallest absolute Gasteiger partial charge is 0.416 e. The first-order chi connectivity index (χ1) is 20.7. The molecule has 1 aromatic carbocycles. The van der Waals surface area contributed by atoms with Crippen molar-refractivity contribution in [2.45, 2.75) is 26.9 Å². The van der Waals surface area contributed by atoms with E-state index in [0.717, 1.165) is 48.6 Å². The van der Waals surface area contributed by atoms with Crippen molar-refractivity contribution in [1.82, 2.24) is 14.9 Å². The molecule has 0 radical (unpaired) electrons. The van der Waals surface area contributed by atoms with E-state index in [0.29, 0.717) is 68.9 Å². The average molecular weight is 599 g/mol. The standard InChI is InChI=1S/C31H37F3N6O3/c1-4-38-6-8-39(9-7-38)26-15-22(14-24(17-26)31(32,33)34)29(41)37-25-18-27(21(3)35-20-25)23-16-28(30(36-19-23)43-5-2)40-10-12-42-13-11-40/h14-20H,4-13H2,1-3H3,(H,37,41). The summed E-state index contributed by atoms with van der Waals surface area (Å²) in [5.74, 6) is -0.116. The minimum absolute atomic E-state index is 0.0674. The fraction of sp³-hybridized carbons (Fsp3) is 0.452. The highest BCUT2D eigenvalue weighted by molar-refractivity contribution is 6.05. The lowest BCUT2D eigenvalue weighted by atomic mass is 10.0. The number of alkyl halides is 3. The number of piperazine rings is 1. The van der Waals surface area contributed by atoms with Gasteiger partial charge >= 0.3 is 6.18 Å². The molecule has 2 aromatic heterocycles. The normalized spacial score (nSPS) is 16.3. The molecule has 0 aliphatic carbocycles. The van der Waals surface area contributed by atoms with Gasteiger partial charge in [-0.3, -0.25) is 9.78 Å². The molecule has 1 amide bonds. The summed E-state index contributed by atoms with van der Waals surface area (Å²) < 4.78 is 52.9. The summed E-state index contributed by atoms with van der Waals surface area (Å²) in [4.78, 5) is 28.7. The Bertz CT molecular complexity index is 1440. The van der Waals surface area contributed by atoms with Crippen molar-refractivity contribution in [2.75, 3.05) is 80.8 Å². The lowest BCUT2D eigenvalue weighted by Crippen LogP contribution is -2.46. The number of morpholine rings is 1. The van der Waals surface area contributed by atoms with Gasteiger partial charge in [0, 0.05) is 73.5 Å². The number of aromatic nitrogens is 2. The number of pyridine rings is 2. The van der Waals surface area contributed by atoms with Gasteiger partial charge in [-0.1, -0.05) is 6.92 Å². The van der Waals surface area contributed by atoms with Crippen LogP contribution >= 0.6 is 0 Å². The van der Waals surface area contributed by atoms with Crippen LogP contribution in [0.3, 0.4) is 0 Å². The lowest BCUT2D eigenvalue weighted by molar-refractivity contribution is -0.137. The third-order valence-electron chi connectivity index (χ3n) is 7.81. The number of hydrogen-bond donors (Lipinski definition) is 1. The molecule has 0 bridgehead atoms. The molecule has 230 valence electrons. The molecule has 2 aliphatic heterocycles. The maximum absolute atomic E-state index is 13.9. The number of benzene rings is 1. The third kappa shape index (κ3) is 7.19. The van der Waals surface area contributed by atoms with E-state index in [2.05, 4.69) is 32.0 Å². The van der Waals surface area contributed by atoms with E-state index in [-0.39, 0.29) is 5.56 Å². The Balaban J connectivity index is 1.42. The molecule has 43 heavy (non-hydrogen) atoms. The summed E-state index contributed by atoms with van der Waals surface area (Å²) in [5.41, 5.74) is 2.89. The predicted molar refractivity (Wildman–Crippen MR) is 160 cm³/mol. The van der Waals surface area contributed by atoms with Crippen LogP contribution < -0.4 is 19.9 Å². The van der Waals surface area contributed by atoms with Crippen LogP contribution in [-0.4, -0.2) is 86.4 Å². The van der Waals surface area contributed by atoms with Gasteiger partial charge in [0.15, 0.2) is 0 Å². The van der Waals surface area contributed by atoms with E-state index in [4.69, 9.17) is 9.47 Å². The SMILES string of the molecule is CCOc1ncc(-c2cc(NC(=O)c3cc(N4CCN(CC)CC4)cc(C(F)(F)F)c3)cnc2C)cc1N1CCOCC1. The van der Waals surface area contributed by atoms with Crippen molar-refractivity contribution < 1.29 is 27.4 Å². The molecule has 0 saturated carbocycles. The van der Waals surface area contributed by atoms with E-state index in [1.165, 1.54) is 12.3 Å². The van der Waals surface area contributed by atoms with Crippen LogP contribution in [0.5, 0.6) is 5.88 Å². The van der Waals surface area contributed by atoms with Crippen LogP contribution in [0.15, 0.2) is 42.7 Å². The summed E-state index contributed by atoms with van der Waals surface area (Å²) in [6.45, 7) is 12.4. The molecule has 0 atom stereocenters. The van der Waals surface area contributed by atoms with Gasteiger partial charge in [0.25, 0.3) is 5.91 Å². The number of hydrogen-bond acceptors (Lipinski definition) is 8. The van der Waals surface area contributed by atoms with Crippen LogP contribution in [0.4, 0.5) is 30.2 Å². The molecular formula is C31H37F3N6O3. The number of nitrogens with zero attached hydrogens (tertiary/aromatic N) is 5. The van der Waals surface area contributed by atoms with Crippen LogP contribution in [0.1, 0.15) is 35.5 Å². The fourth-order valence-corrected chi connectivity index (χ4v) is 5.37. The Morgan fingerprint density at radius 2 is 1.70 bits per heavy atom. The molecule has 12 heteroatoms. The maximum atomic E-state index is 13.9. The van der Waals surface area contributed by atoms with Crippen molar-refractivity contribution in [1.29, 1.82) is 0 Å². The van der Waals surface area contributed by atoms with Crippen molar-refractivity contribution >= 4 is 23.0 Å². The Labute approximate surface area is 249 Å². The number of anilines is 3. The van der Waals surface area contributed by atoms with Gasteiger partial charge in [-0.05, 0) is 50.7 Å². The second kappa shape index (κ2) is 13.2. The number of ether oxygens (including phenoxy) is 2. The summed E-state index contributed by atoms with van der Waals surface area (Å²) in [6, 6.07) is 7.29. The summed E-state index contributed by atoms with van der Waals surface area (Å²) in [7, 11) is 0. The Hall–Kier alpha value is -3.90. The number of aryl methyl sites for hydroxylation is 1. The molecule has 0 spiro atoms. The van der Waals surface area contributed by atoms with Gasteiger partial charge in [0.2, 0.25) is 5.88 Å². The summed E-state index contributed by atoms with van der Waals surface area (Å²) in [6.07, 6.45) is -1.39. The monoisotopic (exact) mass is 598 g/mol. The molecule has 4 heterocycles. The first-order valence-electron chi connectivity index (χ1n) is 14.6. The number of rotatable bonds is 8. The van der Waals surface area contributed by atoms with Crippen LogP contribution in [0.2, 0.25) is 0 Å². The molecule has 0 unspecified atom stereocenters. The average Bonchev–Trinajstić information content (AvgIpc) is 3.02. The van der Waals surface area contributed by atoms with Gasteiger partial charge in [-0.2, -0.15) is 13.2 Å². The Kier molecular flexibility index (Phi) is 9.36. The zero-order chi connectivity index (χ0) is 30.6. The van der Waals surface area contributed by atoms with Gasteiger partial charge in [-0.15, -0.1) is 0 Å². The highest BCUT2D eigenvalue weighted by Gasteiger charge is 2.33. The molecule has 9 nitrogen and oxygen atoms in total. The first kappa shape index (κ1) is 30.6. The second-order valence-corrected chi connectivity index (χ2v) is 10.6. The number of nitrogens with one attached hydrogen (secondary N) is 1. The van der Waals surface area contributed by atoms with Crippen molar-refractivity contribution in [2.24, 2.45) is 0 Å². The quantitative estimate of drug-likeness (QED) is 0.384. The van der Waals surface area contributed by atoms with Gasteiger partial charge in [0.05, 0.1) is 37.3 Å². The molecule has 5 rings (SSSR count). The van der Waals surface area contributed by atoms with Crippen LogP contribution in [0.25, 0.3) is 11.1 Å². The van der Waals surface area contributed by atoms with E-state index in [9.17, 15) is 18.0 Å². The largest absolute Gasteiger partial charge is 0.476 e. The number of halogens is 3. The van der Waals surface area contributed by atoms with E-state index >= 15 is 0 Å². The van der Waals surface area contributed by atoms with Gasteiger partial charge < -0.3 is 29.5 Å². The van der Waals surface area contributed by atoms with Crippen molar-refractivity contribution in [3.8, 4) is 17.0 Å². The van der Waals surface area contributed by atoms with Crippen molar-refractivity contribution in [3.05, 3.63) is 59.5 Å². The van der Waals surface area contributed by atoms with Crippen molar-refractivity contribution in [3.63, 3.8) is 0 Å². The van der Waals surface area contributed by atoms with Gasteiger partial charge in [-0.25, -0.2) is 4.98 Å². The molecule has 3 aromatic rings. The van der Waals surface area contributed by atoms with E-state index in [1.54, 1.807) is 12.3 Å². The molecule has 1 N–H and O–H groups in total.